The molecule has 2 rings (SSSR count). The van der Waals surface area contributed by atoms with Gasteiger partial charge in [-0.1, -0.05) is 23.7 Å². The first-order valence-electron chi connectivity index (χ1n) is 7.63. The Labute approximate surface area is 160 Å². The topological polar surface area (TPSA) is 47.9 Å². The van der Waals surface area contributed by atoms with E-state index in [4.69, 9.17) is 11.6 Å². The SMILES string of the molecule is CCNC(=NCc1cccc(Cl)c1)N1CCN(C(C)=O)CC1.I. The zero-order chi connectivity index (χ0) is 15.9. The van der Waals surface area contributed by atoms with Gasteiger partial charge in [-0.25, -0.2) is 4.99 Å². The molecule has 1 fully saturated rings. The molecule has 1 N–H and O–H groups in total. The molecule has 5 nitrogen and oxygen atoms in total. The number of nitrogens with zero attached hydrogens (tertiary/aromatic N) is 3. The highest BCUT2D eigenvalue weighted by Gasteiger charge is 2.20. The van der Waals surface area contributed by atoms with E-state index in [0.717, 1.165) is 49.3 Å². The molecule has 1 amide bonds. The van der Waals surface area contributed by atoms with Crippen LogP contribution in [-0.4, -0.2) is 54.4 Å². The number of aliphatic imine (C=N–C) groups is 1. The van der Waals surface area contributed by atoms with Crippen LogP contribution in [0, 0.1) is 0 Å². The van der Waals surface area contributed by atoms with Crippen LogP contribution in [0.25, 0.3) is 0 Å². The van der Waals surface area contributed by atoms with E-state index in [1.165, 1.54) is 0 Å². The minimum atomic E-state index is 0. The number of halogens is 2. The van der Waals surface area contributed by atoms with Crippen molar-refractivity contribution >= 4 is 47.4 Å². The summed E-state index contributed by atoms with van der Waals surface area (Å²) in [5.41, 5.74) is 1.09. The minimum absolute atomic E-state index is 0. The molecule has 0 aliphatic carbocycles. The standard InChI is InChI=1S/C16H23ClN4O.HI/c1-3-18-16(19-12-14-5-4-6-15(17)11-14)21-9-7-20(8-10-21)13(2)22;/h4-6,11H,3,7-10,12H2,1-2H3,(H,18,19);1H. The van der Waals surface area contributed by atoms with Crippen LogP contribution in [0.1, 0.15) is 19.4 Å². The van der Waals surface area contributed by atoms with Crippen molar-refractivity contribution in [3.63, 3.8) is 0 Å². The molecule has 1 aliphatic rings. The number of piperazine rings is 1. The number of carbonyl (C=O) groups excluding carboxylic acids is 1. The van der Waals surface area contributed by atoms with Crippen LogP contribution in [0.2, 0.25) is 5.02 Å². The highest BCUT2D eigenvalue weighted by molar-refractivity contribution is 14.0. The van der Waals surface area contributed by atoms with Crippen LogP contribution in [0.15, 0.2) is 29.3 Å². The first-order chi connectivity index (χ1) is 10.6. The number of amides is 1. The van der Waals surface area contributed by atoms with Crippen molar-refractivity contribution in [1.82, 2.24) is 15.1 Å². The Balaban J connectivity index is 0.00000264. The monoisotopic (exact) mass is 450 g/mol. The summed E-state index contributed by atoms with van der Waals surface area (Å²) < 4.78 is 0. The summed E-state index contributed by atoms with van der Waals surface area (Å²) >= 11 is 6.00. The Morgan fingerprint density at radius 2 is 1.91 bits per heavy atom. The molecule has 1 aromatic carbocycles. The van der Waals surface area contributed by atoms with Crippen molar-refractivity contribution < 1.29 is 4.79 Å². The third kappa shape index (κ3) is 6.18. The second kappa shape index (κ2) is 9.97. The van der Waals surface area contributed by atoms with Gasteiger partial charge in [0.15, 0.2) is 5.96 Å². The fourth-order valence-electron chi connectivity index (χ4n) is 2.46. The molecule has 128 valence electrons. The molecule has 1 aromatic rings. The van der Waals surface area contributed by atoms with Crippen LogP contribution in [-0.2, 0) is 11.3 Å². The molecule has 0 radical (unpaired) electrons. The molecule has 0 saturated carbocycles. The molecule has 0 unspecified atom stereocenters. The normalized spacial score (nSPS) is 15.2. The Morgan fingerprint density at radius 1 is 1.26 bits per heavy atom. The third-order valence-electron chi connectivity index (χ3n) is 3.66. The molecular weight excluding hydrogens is 427 g/mol. The van der Waals surface area contributed by atoms with Crippen molar-refractivity contribution in [2.24, 2.45) is 4.99 Å². The van der Waals surface area contributed by atoms with E-state index in [9.17, 15) is 4.79 Å². The summed E-state index contributed by atoms with van der Waals surface area (Å²) in [6.45, 7) is 8.20. The number of hydrogen-bond donors (Lipinski definition) is 1. The van der Waals surface area contributed by atoms with Gasteiger partial charge < -0.3 is 15.1 Å². The third-order valence-corrected chi connectivity index (χ3v) is 3.89. The molecule has 23 heavy (non-hydrogen) atoms. The quantitative estimate of drug-likeness (QED) is 0.437. The van der Waals surface area contributed by atoms with Gasteiger partial charge in [-0.15, -0.1) is 24.0 Å². The average Bonchev–Trinajstić information content (AvgIpc) is 2.51. The first-order valence-corrected chi connectivity index (χ1v) is 8.01. The van der Waals surface area contributed by atoms with E-state index >= 15 is 0 Å². The van der Waals surface area contributed by atoms with Crippen LogP contribution >= 0.6 is 35.6 Å². The van der Waals surface area contributed by atoms with Gasteiger partial charge >= 0.3 is 0 Å². The van der Waals surface area contributed by atoms with E-state index in [1.54, 1.807) is 6.92 Å². The largest absolute Gasteiger partial charge is 0.357 e. The maximum absolute atomic E-state index is 11.4. The van der Waals surface area contributed by atoms with Crippen molar-refractivity contribution in [2.75, 3.05) is 32.7 Å². The van der Waals surface area contributed by atoms with Gasteiger partial charge in [0, 0.05) is 44.7 Å². The Bertz CT molecular complexity index is 545. The maximum atomic E-state index is 11.4. The smallest absolute Gasteiger partial charge is 0.219 e. The summed E-state index contributed by atoms with van der Waals surface area (Å²) in [5, 5.41) is 4.05. The Morgan fingerprint density at radius 3 is 2.48 bits per heavy atom. The summed E-state index contributed by atoms with van der Waals surface area (Å²) in [7, 11) is 0. The highest BCUT2D eigenvalue weighted by atomic mass is 127. The summed E-state index contributed by atoms with van der Waals surface area (Å²) in [6.07, 6.45) is 0. The van der Waals surface area contributed by atoms with Gasteiger partial charge in [0.2, 0.25) is 5.91 Å². The summed E-state index contributed by atoms with van der Waals surface area (Å²) in [4.78, 5) is 20.2. The molecule has 1 aliphatic heterocycles. The van der Waals surface area contributed by atoms with E-state index < -0.39 is 0 Å². The molecular formula is C16H24ClIN4O. The number of guanidine groups is 1. The van der Waals surface area contributed by atoms with Crippen molar-refractivity contribution in [1.29, 1.82) is 0 Å². The second-order valence-electron chi connectivity index (χ2n) is 5.29. The van der Waals surface area contributed by atoms with E-state index in [-0.39, 0.29) is 29.9 Å². The summed E-state index contributed by atoms with van der Waals surface area (Å²) in [6, 6.07) is 7.75. The summed E-state index contributed by atoms with van der Waals surface area (Å²) in [5.74, 6) is 1.03. The molecule has 0 atom stereocenters. The second-order valence-corrected chi connectivity index (χ2v) is 5.73. The lowest BCUT2D eigenvalue weighted by Gasteiger charge is -2.36. The van der Waals surface area contributed by atoms with Crippen LogP contribution in [0.4, 0.5) is 0 Å². The molecule has 7 heteroatoms. The van der Waals surface area contributed by atoms with Gasteiger partial charge in [0.25, 0.3) is 0 Å². The zero-order valence-electron chi connectivity index (χ0n) is 13.6. The molecule has 1 heterocycles. The first kappa shape index (κ1) is 20.0. The lowest BCUT2D eigenvalue weighted by molar-refractivity contribution is -0.130. The number of benzene rings is 1. The number of nitrogens with one attached hydrogen (secondary N) is 1. The maximum Gasteiger partial charge on any atom is 0.219 e. The van der Waals surface area contributed by atoms with Crippen LogP contribution in [0.3, 0.4) is 0 Å². The van der Waals surface area contributed by atoms with E-state index in [2.05, 4.69) is 22.1 Å². The van der Waals surface area contributed by atoms with Crippen LogP contribution < -0.4 is 5.32 Å². The molecule has 1 saturated heterocycles. The van der Waals surface area contributed by atoms with Gasteiger partial charge in [-0.2, -0.15) is 0 Å². The number of hydrogen-bond acceptors (Lipinski definition) is 2. The van der Waals surface area contributed by atoms with Gasteiger partial charge in [0.05, 0.1) is 6.54 Å². The van der Waals surface area contributed by atoms with Crippen LogP contribution in [0.5, 0.6) is 0 Å². The molecule has 0 aromatic heterocycles. The predicted molar refractivity (Wildman–Crippen MR) is 106 cm³/mol. The molecule has 0 bridgehead atoms. The van der Waals surface area contributed by atoms with Crippen molar-refractivity contribution in [2.45, 2.75) is 20.4 Å². The van der Waals surface area contributed by atoms with E-state index in [0.29, 0.717) is 6.54 Å². The predicted octanol–water partition coefficient (Wildman–Crippen LogP) is 2.59. The molecule has 0 spiro atoms. The van der Waals surface area contributed by atoms with Gasteiger partial charge in [-0.3, -0.25) is 4.79 Å². The highest BCUT2D eigenvalue weighted by Crippen LogP contribution is 2.12. The average molecular weight is 451 g/mol. The van der Waals surface area contributed by atoms with Gasteiger partial charge in [-0.05, 0) is 24.6 Å². The van der Waals surface area contributed by atoms with E-state index in [1.807, 2.05) is 29.2 Å². The van der Waals surface area contributed by atoms with Gasteiger partial charge in [0.1, 0.15) is 0 Å². The lowest BCUT2D eigenvalue weighted by atomic mass is 10.2. The number of carbonyl (C=O) groups is 1. The minimum Gasteiger partial charge on any atom is -0.357 e. The Kier molecular flexibility index (Phi) is 8.68. The van der Waals surface area contributed by atoms with Crippen molar-refractivity contribution in [3.05, 3.63) is 34.9 Å². The fraction of sp³-hybridized carbons (Fsp3) is 0.500. The number of rotatable bonds is 3. The Hall–Kier alpha value is -1.02. The zero-order valence-corrected chi connectivity index (χ0v) is 16.7. The lowest BCUT2D eigenvalue weighted by Crippen LogP contribution is -2.53. The van der Waals surface area contributed by atoms with Crippen molar-refractivity contribution in [3.8, 4) is 0 Å². The fourth-order valence-corrected chi connectivity index (χ4v) is 2.67.